The number of amides is 2. The van der Waals surface area contributed by atoms with Gasteiger partial charge in [0, 0.05) is 17.4 Å². The van der Waals surface area contributed by atoms with Gasteiger partial charge in [-0.15, -0.1) is 11.3 Å². The number of alkyl halides is 3. The molecule has 0 saturated heterocycles. The van der Waals surface area contributed by atoms with E-state index in [1.54, 1.807) is 30.3 Å². The lowest BCUT2D eigenvalue weighted by atomic mass is 9.95. The Morgan fingerprint density at radius 1 is 1.18 bits per heavy atom. The van der Waals surface area contributed by atoms with Gasteiger partial charge in [-0.2, -0.15) is 18.3 Å². The number of thiophene rings is 1. The zero-order chi connectivity index (χ0) is 24.0. The number of halogens is 3. The van der Waals surface area contributed by atoms with Crippen LogP contribution in [0.2, 0.25) is 0 Å². The number of hydrogen-bond acceptors (Lipinski definition) is 5. The van der Waals surface area contributed by atoms with Gasteiger partial charge < -0.3 is 16.4 Å². The van der Waals surface area contributed by atoms with Crippen molar-refractivity contribution in [1.82, 2.24) is 9.78 Å². The quantitative estimate of drug-likeness (QED) is 0.488. The molecule has 2 aliphatic rings. The normalized spacial score (nSPS) is 19.6. The standard InChI is InChI=1S/C23H22F3N5O2S/c24-23(25,26)17-10-14(12-6-2-1-3-7-12)28-18-11-15(30-31(17)18)21(33)29-22-19(20(27)32)13-8-4-5-9-16(13)34-22/h1-3,6-7,11,14,17,28H,4-5,8-10H2,(H2,27,32)(H,29,33)/t14-,17+/m0/s1. The lowest BCUT2D eigenvalue weighted by molar-refractivity contribution is -0.173. The number of anilines is 2. The molecule has 11 heteroatoms. The SMILES string of the molecule is NC(=O)c1c(NC(=O)c2cc3n(n2)[C@@H](C(F)(F)F)C[C@@H](c2ccccc2)N3)sc2c1CCCC2. The molecule has 0 bridgehead atoms. The molecule has 178 valence electrons. The van der Waals surface area contributed by atoms with E-state index in [2.05, 4.69) is 15.7 Å². The molecule has 4 N–H and O–H groups in total. The number of nitrogens with one attached hydrogen (secondary N) is 2. The Bertz CT molecular complexity index is 1250. The van der Waals surface area contributed by atoms with Crippen LogP contribution in [0.3, 0.4) is 0 Å². The van der Waals surface area contributed by atoms with Crippen molar-refractivity contribution < 1.29 is 22.8 Å². The molecule has 1 aliphatic heterocycles. The molecule has 2 amide bonds. The van der Waals surface area contributed by atoms with E-state index in [0.29, 0.717) is 17.0 Å². The molecule has 7 nitrogen and oxygen atoms in total. The fourth-order valence-electron chi connectivity index (χ4n) is 4.67. The molecule has 0 unspecified atom stereocenters. The Hall–Kier alpha value is -3.34. The average molecular weight is 490 g/mol. The number of fused-ring (bicyclic) bond motifs is 2. The Morgan fingerprint density at radius 3 is 2.62 bits per heavy atom. The van der Waals surface area contributed by atoms with Crippen LogP contribution in [0.25, 0.3) is 0 Å². The van der Waals surface area contributed by atoms with E-state index >= 15 is 0 Å². The Balaban J connectivity index is 1.46. The van der Waals surface area contributed by atoms with Crippen molar-refractivity contribution in [2.45, 2.75) is 50.4 Å². The highest BCUT2D eigenvalue weighted by atomic mass is 32.1. The molecule has 0 radical (unpaired) electrons. The second-order valence-corrected chi connectivity index (χ2v) is 9.60. The second-order valence-electron chi connectivity index (χ2n) is 8.49. The molecule has 34 heavy (non-hydrogen) atoms. The fourth-order valence-corrected chi connectivity index (χ4v) is 5.96. The van der Waals surface area contributed by atoms with E-state index < -0.39 is 30.1 Å². The molecular formula is C23H22F3N5O2S. The first-order valence-electron chi connectivity index (χ1n) is 11.0. The van der Waals surface area contributed by atoms with Gasteiger partial charge in [0.05, 0.1) is 11.6 Å². The third-order valence-corrected chi connectivity index (χ3v) is 7.48. The van der Waals surface area contributed by atoms with Crippen molar-refractivity contribution >= 4 is 34.0 Å². The van der Waals surface area contributed by atoms with Crippen LogP contribution in [0, 0.1) is 0 Å². The predicted molar refractivity (Wildman–Crippen MR) is 122 cm³/mol. The predicted octanol–water partition coefficient (Wildman–Crippen LogP) is 4.83. The number of carbonyl (C=O) groups is 2. The molecular weight excluding hydrogens is 467 g/mol. The minimum atomic E-state index is -4.55. The highest BCUT2D eigenvalue weighted by Gasteiger charge is 2.46. The topological polar surface area (TPSA) is 102 Å². The summed E-state index contributed by atoms with van der Waals surface area (Å²) in [5.74, 6) is -1.22. The largest absolute Gasteiger partial charge is 0.410 e. The lowest BCUT2D eigenvalue weighted by Gasteiger charge is -2.33. The molecule has 3 aromatic rings. The minimum Gasteiger partial charge on any atom is -0.365 e. The summed E-state index contributed by atoms with van der Waals surface area (Å²) in [5.41, 5.74) is 7.25. The Morgan fingerprint density at radius 2 is 1.91 bits per heavy atom. The first-order valence-corrected chi connectivity index (χ1v) is 11.8. The van der Waals surface area contributed by atoms with Gasteiger partial charge in [-0.1, -0.05) is 30.3 Å². The maximum atomic E-state index is 13.9. The molecule has 3 heterocycles. The maximum Gasteiger partial charge on any atom is 0.410 e. The molecule has 0 saturated carbocycles. The summed E-state index contributed by atoms with van der Waals surface area (Å²) in [4.78, 5) is 26.1. The minimum absolute atomic E-state index is 0.105. The van der Waals surface area contributed by atoms with Crippen molar-refractivity contribution in [3.8, 4) is 0 Å². The summed E-state index contributed by atoms with van der Waals surface area (Å²) in [6.07, 6.45) is -1.38. The first-order chi connectivity index (χ1) is 16.2. The molecule has 5 rings (SSSR count). The summed E-state index contributed by atoms with van der Waals surface area (Å²) in [6, 6.07) is 7.68. The molecule has 0 fully saturated rings. The van der Waals surface area contributed by atoms with Gasteiger partial charge in [0.15, 0.2) is 11.7 Å². The summed E-state index contributed by atoms with van der Waals surface area (Å²) in [7, 11) is 0. The summed E-state index contributed by atoms with van der Waals surface area (Å²) < 4.78 is 42.5. The second kappa shape index (κ2) is 8.46. The van der Waals surface area contributed by atoms with Gasteiger partial charge in [0.25, 0.3) is 11.8 Å². The fraction of sp³-hybridized carbons (Fsp3) is 0.348. The van der Waals surface area contributed by atoms with Crippen molar-refractivity contribution in [3.05, 3.63) is 63.7 Å². The van der Waals surface area contributed by atoms with Crippen LogP contribution < -0.4 is 16.4 Å². The Kier molecular flexibility index (Phi) is 5.59. The van der Waals surface area contributed by atoms with Crippen LogP contribution in [0.5, 0.6) is 0 Å². The van der Waals surface area contributed by atoms with Crippen LogP contribution in [0.15, 0.2) is 36.4 Å². The molecule has 1 aromatic carbocycles. The van der Waals surface area contributed by atoms with Crippen LogP contribution >= 0.6 is 11.3 Å². The summed E-state index contributed by atoms with van der Waals surface area (Å²) in [6.45, 7) is 0. The van der Waals surface area contributed by atoms with Crippen LogP contribution in [-0.2, 0) is 12.8 Å². The summed E-state index contributed by atoms with van der Waals surface area (Å²) >= 11 is 1.29. The molecule has 1 aliphatic carbocycles. The lowest BCUT2D eigenvalue weighted by Crippen LogP contribution is -2.35. The van der Waals surface area contributed by atoms with Crippen molar-refractivity contribution in [1.29, 1.82) is 0 Å². The smallest absolute Gasteiger partial charge is 0.365 e. The van der Waals surface area contributed by atoms with E-state index in [1.165, 1.54) is 17.4 Å². The van der Waals surface area contributed by atoms with Crippen molar-refractivity contribution in [3.63, 3.8) is 0 Å². The molecule has 2 aromatic heterocycles. The number of hydrogen-bond donors (Lipinski definition) is 3. The summed E-state index contributed by atoms with van der Waals surface area (Å²) in [5, 5.41) is 10.0. The zero-order valence-electron chi connectivity index (χ0n) is 18.0. The number of aryl methyl sites for hydroxylation is 1. The Labute approximate surface area is 197 Å². The number of primary amides is 1. The molecule has 0 spiro atoms. The van der Waals surface area contributed by atoms with Crippen molar-refractivity contribution in [2.24, 2.45) is 5.73 Å². The van der Waals surface area contributed by atoms with Gasteiger partial charge in [-0.05, 0) is 36.8 Å². The maximum absolute atomic E-state index is 13.9. The van der Waals surface area contributed by atoms with E-state index in [-0.39, 0.29) is 23.5 Å². The zero-order valence-corrected chi connectivity index (χ0v) is 18.8. The average Bonchev–Trinajstić information content (AvgIpc) is 3.39. The number of aromatic nitrogens is 2. The third kappa shape index (κ3) is 4.04. The van der Waals surface area contributed by atoms with E-state index in [9.17, 15) is 22.8 Å². The third-order valence-electron chi connectivity index (χ3n) is 6.27. The number of nitrogens with zero attached hydrogens (tertiary/aromatic N) is 2. The van der Waals surface area contributed by atoms with E-state index in [4.69, 9.17) is 5.73 Å². The monoisotopic (exact) mass is 489 g/mol. The highest BCUT2D eigenvalue weighted by molar-refractivity contribution is 7.17. The number of rotatable bonds is 4. The van der Waals surface area contributed by atoms with Gasteiger partial charge in [-0.3, -0.25) is 9.59 Å². The van der Waals surface area contributed by atoms with Gasteiger partial charge >= 0.3 is 6.18 Å². The van der Waals surface area contributed by atoms with Gasteiger partial charge in [-0.25, -0.2) is 4.68 Å². The number of nitrogens with two attached hydrogens (primary N) is 1. The van der Waals surface area contributed by atoms with Crippen LogP contribution in [0.4, 0.5) is 24.0 Å². The van der Waals surface area contributed by atoms with E-state index in [1.807, 2.05) is 0 Å². The van der Waals surface area contributed by atoms with Gasteiger partial charge in [0.2, 0.25) is 0 Å². The van der Waals surface area contributed by atoms with Crippen molar-refractivity contribution in [2.75, 3.05) is 10.6 Å². The van der Waals surface area contributed by atoms with E-state index in [0.717, 1.165) is 34.4 Å². The highest BCUT2D eigenvalue weighted by Crippen LogP contribution is 2.44. The first kappa shape index (κ1) is 22.5. The number of benzene rings is 1. The number of carbonyl (C=O) groups excluding carboxylic acids is 2. The van der Waals surface area contributed by atoms with Gasteiger partial charge in [0.1, 0.15) is 10.8 Å². The van der Waals surface area contributed by atoms with Crippen LogP contribution in [0.1, 0.15) is 68.2 Å². The van der Waals surface area contributed by atoms with Crippen LogP contribution in [-0.4, -0.2) is 27.8 Å². The molecule has 2 atom stereocenters.